The Kier molecular flexibility index (Phi) is 4.36. The summed E-state index contributed by atoms with van der Waals surface area (Å²) in [6.07, 6.45) is 1.73. The Morgan fingerprint density at radius 1 is 1.47 bits per heavy atom. The van der Waals surface area contributed by atoms with Crippen LogP contribution < -0.4 is 10.6 Å². The summed E-state index contributed by atoms with van der Waals surface area (Å²) in [5, 5.41) is 13.8. The molecule has 6 nitrogen and oxygen atoms in total. The number of benzene rings is 1. The maximum Gasteiger partial charge on any atom is 0.243 e. The highest BCUT2D eigenvalue weighted by atomic mass is 35.5. The van der Waals surface area contributed by atoms with Crippen molar-refractivity contribution in [2.75, 3.05) is 25.1 Å². The zero-order chi connectivity index (χ0) is 12.4. The van der Waals surface area contributed by atoms with E-state index in [0.717, 1.165) is 16.6 Å². The SMILES string of the molecule is Cl.O=C(Nc1cccc2cn[nH]c12)C1COCCN1. The lowest BCUT2D eigenvalue weighted by Crippen LogP contribution is -2.48. The standard InChI is InChI=1S/C12H14N4O2.ClH/c17-12(10-7-18-5-4-13-10)15-9-3-1-2-8-6-14-16-11(8)9;/h1-3,6,10,13H,4-5,7H2,(H,14,16)(H,15,17);1H. The van der Waals surface area contributed by atoms with E-state index < -0.39 is 0 Å². The number of carbonyl (C=O) groups is 1. The van der Waals surface area contributed by atoms with Gasteiger partial charge in [0.15, 0.2) is 0 Å². The first kappa shape index (κ1) is 13.8. The Hall–Kier alpha value is -1.63. The highest BCUT2D eigenvalue weighted by Crippen LogP contribution is 2.20. The van der Waals surface area contributed by atoms with Gasteiger partial charge in [-0.1, -0.05) is 12.1 Å². The van der Waals surface area contributed by atoms with Crippen LogP contribution >= 0.6 is 12.4 Å². The van der Waals surface area contributed by atoms with Crippen molar-refractivity contribution in [3.63, 3.8) is 0 Å². The summed E-state index contributed by atoms with van der Waals surface area (Å²) in [5.74, 6) is -0.0863. The third-order valence-corrected chi connectivity index (χ3v) is 2.97. The van der Waals surface area contributed by atoms with Crippen LogP contribution in [0, 0.1) is 0 Å². The van der Waals surface area contributed by atoms with Crippen molar-refractivity contribution in [3.05, 3.63) is 24.4 Å². The van der Waals surface area contributed by atoms with Gasteiger partial charge >= 0.3 is 0 Å². The van der Waals surface area contributed by atoms with Gasteiger partial charge in [0, 0.05) is 11.9 Å². The average Bonchev–Trinajstić information content (AvgIpc) is 2.89. The molecule has 1 aromatic heterocycles. The van der Waals surface area contributed by atoms with Crippen molar-refractivity contribution in [2.24, 2.45) is 0 Å². The number of hydrogen-bond acceptors (Lipinski definition) is 4. The van der Waals surface area contributed by atoms with Crippen LogP contribution in [0.1, 0.15) is 0 Å². The molecule has 3 N–H and O–H groups in total. The highest BCUT2D eigenvalue weighted by Gasteiger charge is 2.21. The molecule has 1 unspecified atom stereocenters. The highest BCUT2D eigenvalue weighted by molar-refractivity contribution is 6.02. The molecule has 19 heavy (non-hydrogen) atoms. The molecule has 0 saturated carbocycles. The summed E-state index contributed by atoms with van der Waals surface area (Å²) in [6, 6.07) is 5.38. The van der Waals surface area contributed by atoms with Gasteiger partial charge in [-0.2, -0.15) is 5.10 Å². The zero-order valence-corrected chi connectivity index (χ0v) is 11.0. The number of halogens is 1. The second kappa shape index (κ2) is 6.01. The lowest BCUT2D eigenvalue weighted by atomic mass is 10.2. The van der Waals surface area contributed by atoms with Crippen molar-refractivity contribution >= 4 is 34.9 Å². The second-order valence-corrected chi connectivity index (χ2v) is 4.21. The maximum atomic E-state index is 12.0. The van der Waals surface area contributed by atoms with E-state index in [1.165, 1.54) is 0 Å². The fourth-order valence-corrected chi connectivity index (χ4v) is 2.03. The van der Waals surface area contributed by atoms with Gasteiger partial charge in [-0.15, -0.1) is 12.4 Å². The first-order valence-corrected chi connectivity index (χ1v) is 5.89. The Morgan fingerprint density at radius 2 is 2.37 bits per heavy atom. The van der Waals surface area contributed by atoms with E-state index in [2.05, 4.69) is 20.8 Å². The lowest BCUT2D eigenvalue weighted by Gasteiger charge is -2.22. The Bertz CT molecular complexity index is 566. The van der Waals surface area contributed by atoms with Gasteiger partial charge in [0.05, 0.1) is 30.6 Å². The summed E-state index contributed by atoms with van der Waals surface area (Å²) >= 11 is 0. The number of aromatic nitrogens is 2. The van der Waals surface area contributed by atoms with Crippen LogP contribution in [0.25, 0.3) is 10.9 Å². The number of rotatable bonds is 2. The van der Waals surface area contributed by atoms with Crippen molar-refractivity contribution in [1.29, 1.82) is 0 Å². The minimum atomic E-state index is -0.295. The Morgan fingerprint density at radius 3 is 3.16 bits per heavy atom. The predicted molar refractivity (Wildman–Crippen MR) is 74.6 cm³/mol. The third kappa shape index (κ3) is 2.86. The molecule has 0 spiro atoms. The van der Waals surface area contributed by atoms with Crippen LogP contribution in [0.2, 0.25) is 0 Å². The number of morpholine rings is 1. The molecule has 0 radical (unpaired) electrons. The van der Waals surface area contributed by atoms with E-state index in [-0.39, 0.29) is 24.4 Å². The van der Waals surface area contributed by atoms with E-state index in [1.807, 2.05) is 18.2 Å². The molecule has 1 atom stereocenters. The number of nitrogens with one attached hydrogen (secondary N) is 3. The molecular weight excluding hydrogens is 268 g/mol. The minimum absolute atomic E-state index is 0. The molecule has 3 rings (SSSR count). The number of carbonyl (C=O) groups excluding carboxylic acids is 1. The summed E-state index contributed by atoms with van der Waals surface area (Å²) in [7, 11) is 0. The largest absolute Gasteiger partial charge is 0.378 e. The minimum Gasteiger partial charge on any atom is -0.378 e. The fourth-order valence-electron chi connectivity index (χ4n) is 2.03. The van der Waals surface area contributed by atoms with Gasteiger partial charge in [-0.3, -0.25) is 9.89 Å². The molecule has 2 heterocycles. The molecule has 1 amide bonds. The first-order valence-electron chi connectivity index (χ1n) is 5.89. The van der Waals surface area contributed by atoms with E-state index >= 15 is 0 Å². The van der Waals surface area contributed by atoms with E-state index in [9.17, 15) is 4.79 Å². The van der Waals surface area contributed by atoms with E-state index in [0.29, 0.717) is 19.8 Å². The molecule has 1 aliphatic rings. The van der Waals surface area contributed by atoms with Crippen LogP contribution in [0.4, 0.5) is 5.69 Å². The zero-order valence-electron chi connectivity index (χ0n) is 10.2. The molecule has 1 aromatic carbocycles. The topological polar surface area (TPSA) is 79.0 Å². The van der Waals surface area contributed by atoms with Gasteiger partial charge < -0.3 is 15.4 Å². The number of ether oxygens (including phenoxy) is 1. The van der Waals surface area contributed by atoms with Gasteiger partial charge in [0.25, 0.3) is 0 Å². The van der Waals surface area contributed by atoms with Gasteiger partial charge in [0.1, 0.15) is 6.04 Å². The smallest absolute Gasteiger partial charge is 0.243 e. The molecule has 0 bridgehead atoms. The van der Waals surface area contributed by atoms with Crippen molar-refractivity contribution in [3.8, 4) is 0 Å². The van der Waals surface area contributed by atoms with E-state index in [1.54, 1.807) is 6.20 Å². The quantitative estimate of drug-likeness (QED) is 0.765. The molecular formula is C12H15ClN4O2. The van der Waals surface area contributed by atoms with Crippen LogP contribution in [0.15, 0.2) is 24.4 Å². The number of fused-ring (bicyclic) bond motifs is 1. The first-order chi connectivity index (χ1) is 8.84. The molecule has 1 aliphatic heterocycles. The summed E-state index contributed by atoms with van der Waals surface area (Å²) in [5.41, 5.74) is 1.57. The number of para-hydroxylation sites is 1. The van der Waals surface area contributed by atoms with Crippen molar-refractivity contribution in [2.45, 2.75) is 6.04 Å². The summed E-state index contributed by atoms with van der Waals surface area (Å²) in [4.78, 5) is 12.0. The number of nitrogens with zero attached hydrogens (tertiary/aromatic N) is 1. The predicted octanol–water partition coefficient (Wildman–Crippen LogP) is 0.912. The van der Waals surface area contributed by atoms with Gasteiger partial charge in [0.2, 0.25) is 5.91 Å². The van der Waals surface area contributed by atoms with Crippen LogP contribution in [-0.4, -0.2) is 41.9 Å². The Balaban J connectivity index is 0.00000133. The average molecular weight is 283 g/mol. The van der Waals surface area contributed by atoms with E-state index in [4.69, 9.17) is 4.74 Å². The van der Waals surface area contributed by atoms with Crippen molar-refractivity contribution in [1.82, 2.24) is 15.5 Å². The number of anilines is 1. The van der Waals surface area contributed by atoms with Gasteiger partial charge in [-0.25, -0.2) is 0 Å². The van der Waals surface area contributed by atoms with Gasteiger partial charge in [-0.05, 0) is 6.07 Å². The molecule has 1 saturated heterocycles. The number of amides is 1. The molecule has 7 heteroatoms. The Labute approximate surface area is 116 Å². The normalized spacial score (nSPS) is 18.8. The molecule has 102 valence electrons. The second-order valence-electron chi connectivity index (χ2n) is 4.21. The monoisotopic (exact) mass is 282 g/mol. The lowest BCUT2D eigenvalue weighted by molar-refractivity contribution is -0.120. The molecule has 0 aliphatic carbocycles. The molecule has 1 fully saturated rings. The summed E-state index contributed by atoms with van der Waals surface area (Å²) in [6.45, 7) is 1.76. The third-order valence-electron chi connectivity index (χ3n) is 2.97. The maximum absolute atomic E-state index is 12.0. The fraction of sp³-hybridized carbons (Fsp3) is 0.333. The number of H-pyrrole nitrogens is 1. The van der Waals surface area contributed by atoms with Crippen LogP contribution in [0.3, 0.4) is 0 Å². The van der Waals surface area contributed by atoms with Crippen LogP contribution in [-0.2, 0) is 9.53 Å². The summed E-state index contributed by atoms with van der Waals surface area (Å²) < 4.78 is 5.27. The van der Waals surface area contributed by atoms with Crippen molar-refractivity contribution < 1.29 is 9.53 Å². The van der Waals surface area contributed by atoms with Crippen LogP contribution in [0.5, 0.6) is 0 Å². The number of aromatic amines is 1. The molecule has 2 aromatic rings. The number of hydrogen-bond donors (Lipinski definition) is 3.